The number of fused-ring (bicyclic) bond motifs is 9. The molecule has 0 fully saturated rings. The Morgan fingerprint density at radius 3 is 1.70 bits per heavy atom. The van der Waals surface area contributed by atoms with Gasteiger partial charge in [-0.25, -0.2) is 0 Å². The van der Waals surface area contributed by atoms with Gasteiger partial charge in [-0.2, -0.15) is 0 Å². The summed E-state index contributed by atoms with van der Waals surface area (Å²) in [4.78, 5) is 2.55. The molecule has 0 bridgehead atoms. The maximum atomic E-state index is 2.55. The van der Waals surface area contributed by atoms with Crippen molar-refractivity contribution in [2.24, 2.45) is 0 Å². The molecule has 0 spiro atoms. The second-order valence-electron chi connectivity index (χ2n) is 15.0. The summed E-state index contributed by atoms with van der Waals surface area (Å²) >= 11 is 0. The first-order chi connectivity index (χ1) is 26.6. The third kappa shape index (κ3) is 4.30. The lowest BCUT2D eigenvalue weighted by Crippen LogP contribution is -2.20. The highest BCUT2D eigenvalue weighted by Crippen LogP contribution is 2.55. The Kier molecular flexibility index (Phi) is 6.60. The van der Waals surface area contributed by atoms with Gasteiger partial charge < -0.3 is 14.0 Å². The summed E-state index contributed by atoms with van der Waals surface area (Å²) in [5, 5.41) is 4.93. The van der Waals surface area contributed by atoms with Crippen molar-refractivity contribution >= 4 is 60.7 Å². The van der Waals surface area contributed by atoms with E-state index in [1.54, 1.807) is 0 Å². The molecule has 256 valence electrons. The van der Waals surface area contributed by atoms with Crippen LogP contribution in [0.25, 0.3) is 66.1 Å². The van der Waals surface area contributed by atoms with Crippen molar-refractivity contribution in [3.05, 3.63) is 199 Å². The van der Waals surface area contributed by atoms with E-state index in [1.807, 2.05) is 0 Å². The third-order valence-electron chi connectivity index (χ3n) is 11.7. The lowest BCUT2D eigenvalue weighted by Gasteiger charge is -2.32. The molecule has 54 heavy (non-hydrogen) atoms. The Bertz CT molecular complexity index is 3070. The topological polar surface area (TPSA) is 13.1 Å². The van der Waals surface area contributed by atoms with Crippen LogP contribution < -0.4 is 4.90 Å². The first kappa shape index (κ1) is 30.8. The van der Waals surface area contributed by atoms with Gasteiger partial charge >= 0.3 is 0 Å². The molecule has 0 radical (unpaired) electrons. The van der Waals surface area contributed by atoms with E-state index >= 15 is 0 Å². The molecular weight excluding hydrogens is 655 g/mol. The summed E-state index contributed by atoms with van der Waals surface area (Å²) in [5.74, 6) is 0. The van der Waals surface area contributed by atoms with Crippen LogP contribution in [-0.4, -0.2) is 9.13 Å². The molecule has 0 saturated carbocycles. The Hall–Kier alpha value is -6.84. The maximum Gasteiger partial charge on any atom is 0.0562 e. The van der Waals surface area contributed by atoms with Gasteiger partial charge in [0, 0.05) is 44.0 Å². The van der Waals surface area contributed by atoms with Crippen LogP contribution in [0.2, 0.25) is 0 Å². The standard InChI is InChI=1S/C51H37N3/c1-51(2)42-25-12-9-21-37(42)39-24-15-30-48(50(39)51)54(36-31-32-45-41(33-36)38-22-10-13-26-43(38)52(45)34-17-5-3-6-18-34)47-29-16-28-46-49(47)40-23-11-14-27-44(40)53(46)35-19-7-4-8-20-35/h3-33H,1-2H3. The molecule has 1 aliphatic rings. The molecule has 0 amide bonds. The van der Waals surface area contributed by atoms with Crippen molar-refractivity contribution in [2.75, 3.05) is 4.90 Å². The molecule has 2 aromatic heterocycles. The molecule has 1 aliphatic carbocycles. The van der Waals surface area contributed by atoms with Crippen molar-refractivity contribution in [1.82, 2.24) is 9.13 Å². The molecule has 10 aromatic rings. The smallest absolute Gasteiger partial charge is 0.0562 e. The third-order valence-corrected chi connectivity index (χ3v) is 11.7. The SMILES string of the molecule is CC1(C)c2ccccc2-c2cccc(N(c3ccc4c(c3)c3ccccc3n4-c3ccccc3)c3cccc4c3c3ccccc3n4-c3ccccc3)c21. The molecule has 0 N–H and O–H groups in total. The van der Waals surface area contributed by atoms with Crippen LogP contribution in [-0.2, 0) is 5.41 Å². The van der Waals surface area contributed by atoms with Gasteiger partial charge in [0.2, 0.25) is 0 Å². The molecule has 3 heteroatoms. The van der Waals surface area contributed by atoms with Crippen LogP contribution >= 0.6 is 0 Å². The second-order valence-corrected chi connectivity index (χ2v) is 15.0. The molecule has 3 nitrogen and oxygen atoms in total. The zero-order valence-electron chi connectivity index (χ0n) is 30.2. The molecular formula is C51H37N3. The lowest BCUT2D eigenvalue weighted by atomic mass is 9.81. The van der Waals surface area contributed by atoms with Gasteiger partial charge in [-0.05, 0) is 95.1 Å². The number of hydrogen-bond donors (Lipinski definition) is 0. The first-order valence-corrected chi connectivity index (χ1v) is 18.8. The van der Waals surface area contributed by atoms with Crippen molar-refractivity contribution in [3.63, 3.8) is 0 Å². The highest BCUT2D eigenvalue weighted by Gasteiger charge is 2.39. The average Bonchev–Trinajstić information content (AvgIpc) is 3.82. The van der Waals surface area contributed by atoms with Gasteiger partial charge in [-0.3, -0.25) is 0 Å². The van der Waals surface area contributed by atoms with Gasteiger partial charge in [0.05, 0.1) is 33.4 Å². The fourth-order valence-corrected chi connectivity index (χ4v) is 9.41. The van der Waals surface area contributed by atoms with E-state index in [-0.39, 0.29) is 5.41 Å². The highest BCUT2D eigenvalue weighted by molar-refractivity contribution is 6.17. The normalized spacial score (nSPS) is 13.1. The summed E-state index contributed by atoms with van der Waals surface area (Å²) in [6.45, 7) is 4.77. The average molecular weight is 692 g/mol. The molecule has 0 atom stereocenters. The van der Waals surface area contributed by atoms with Crippen molar-refractivity contribution < 1.29 is 0 Å². The van der Waals surface area contributed by atoms with E-state index < -0.39 is 0 Å². The van der Waals surface area contributed by atoms with E-state index in [9.17, 15) is 0 Å². The van der Waals surface area contributed by atoms with Crippen LogP contribution in [0.1, 0.15) is 25.0 Å². The Labute approximate surface area is 314 Å². The second kappa shape index (κ2) is 11.6. The van der Waals surface area contributed by atoms with Crippen LogP contribution in [0.4, 0.5) is 17.1 Å². The van der Waals surface area contributed by atoms with Gasteiger partial charge in [0.15, 0.2) is 0 Å². The maximum absolute atomic E-state index is 2.55. The number of nitrogens with zero attached hydrogens (tertiary/aromatic N) is 3. The van der Waals surface area contributed by atoms with Gasteiger partial charge in [-0.1, -0.05) is 129 Å². The molecule has 11 rings (SSSR count). The van der Waals surface area contributed by atoms with E-state index in [0.717, 1.165) is 22.7 Å². The number of para-hydroxylation sites is 4. The van der Waals surface area contributed by atoms with Crippen molar-refractivity contribution in [1.29, 1.82) is 0 Å². The first-order valence-electron chi connectivity index (χ1n) is 18.8. The van der Waals surface area contributed by atoms with E-state index in [0.29, 0.717) is 0 Å². The summed E-state index contributed by atoms with van der Waals surface area (Å²) in [6.07, 6.45) is 0. The predicted molar refractivity (Wildman–Crippen MR) is 227 cm³/mol. The number of benzene rings is 8. The number of anilines is 3. The van der Waals surface area contributed by atoms with Crippen molar-refractivity contribution in [3.8, 4) is 22.5 Å². The lowest BCUT2D eigenvalue weighted by molar-refractivity contribution is 0.661. The van der Waals surface area contributed by atoms with Crippen LogP contribution in [0.3, 0.4) is 0 Å². The van der Waals surface area contributed by atoms with Crippen LogP contribution in [0.15, 0.2) is 188 Å². The van der Waals surface area contributed by atoms with Gasteiger partial charge in [0.25, 0.3) is 0 Å². The van der Waals surface area contributed by atoms with E-state index in [2.05, 4.69) is 216 Å². The molecule has 0 saturated heterocycles. The quantitative estimate of drug-likeness (QED) is 0.175. The van der Waals surface area contributed by atoms with Gasteiger partial charge in [0.1, 0.15) is 0 Å². The fraction of sp³-hybridized carbons (Fsp3) is 0.0588. The summed E-state index contributed by atoms with van der Waals surface area (Å²) in [7, 11) is 0. The van der Waals surface area contributed by atoms with E-state index in [1.165, 1.54) is 71.6 Å². The molecule has 0 unspecified atom stereocenters. The Balaban J connectivity index is 1.25. The fourth-order valence-electron chi connectivity index (χ4n) is 9.41. The number of rotatable bonds is 5. The Morgan fingerprint density at radius 2 is 0.944 bits per heavy atom. The summed E-state index contributed by atoms with van der Waals surface area (Å²) in [6, 6.07) is 68.8. The summed E-state index contributed by atoms with van der Waals surface area (Å²) in [5.41, 5.74) is 15.7. The van der Waals surface area contributed by atoms with Crippen molar-refractivity contribution in [2.45, 2.75) is 19.3 Å². The zero-order valence-corrected chi connectivity index (χ0v) is 30.2. The monoisotopic (exact) mass is 691 g/mol. The summed E-state index contributed by atoms with van der Waals surface area (Å²) < 4.78 is 4.81. The molecule has 8 aromatic carbocycles. The zero-order chi connectivity index (χ0) is 36.0. The largest absolute Gasteiger partial charge is 0.309 e. The number of aromatic nitrogens is 2. The minimum atomic E-state index is -0.208. The minimum Gasteiger partial charge on any atom is -0.309 e. The highest BCUT2D eigenvalue weighted by atomic mass is 15.2. The van der Waals surface area contributed by atoms with Crippen LogP contribution in [0.5, 0.6) is 0 Å². The molecule has 0 aliphatic heterocycles. The number of hydrogen-bond acceptors (Lipinski definition) is 1. The minimum absolute atomic E-state index is 0.208. The van der Waals surface area contributed by atoms with E-state index in [4.69, 9.17) is 0 Å². The van der Waals surface area contributed by atoms with Crippen LogP contribution in [0, 0.1) is 0 Å². The van der Waals surface area contributed by atoms with Gasteiger partial charge in [-0.15, -0.1) is 0 Å². The Morgan fingerprint density at radius 1 is 0.407 bits per heavy atom. The predicted octanol–water partition coefficient (Wildman–Crippen LogP) is 13.7. The molecule has 2 heterocycles.